The van der Waals surface area contributed by atoms with Gasteiger partial charge < -0.3 is 15.4 Å². The average Bonchev–Trinajstić information content (AvgIpc) is 2.32. The molecule has 0 saturated heterocycles. The summed E-state index contributed by atoms with van der Waals surface area (Å²) in [6, 6.07) is 1.84. The number of hydrogen-bond acceptors (Lipinski definition) is 4. The Morgan fingerprint density at radius 2 is 2.31 bits per heavy atom. The van der Waals surface area contributed by atoms with Gasteiger partial charge in [0.2, 0.25) is 0 Å². The highest BCUT2D eigenvalue weighted by atomic mass is 35.5. The summed E-state index contributed by atoms with van der Waals surface area (Å²) < 4.78 is 5.05. The number of ether oxygens (including phenoxy) is 1. The number of hydrogen-bond donors (Lipinski definition) is 1. The summed E-state index contributed by atoms with van der Waals surface area (Å²) in [5, 5.41) is 0.642. The molecule has 16 heavy (non-hydrogen) atoms. The smallest absolute Gasteiger partial charge is 0.147 e. The molecule has 1 aromatic heterocycles. The second kappa shape index (κ2) is 6.68. The Labute approximate surface area is 101 Å². The Kier molecular flexibility index (Phi) is 5.52. The molecule has 0 radical (unpaired) electrons. The zero-order chi connectivity index (χ0) is 12.0. The molecule has 2 N–H and O–H groups in total. The molecule has 0 aliphatic carbocycles. The first-order chi connectivity index (χ1) is 7.74. The van der Waals surface area contributed by atoms with Crippen molar-refractivity contribution in [1.82, 2.24) is 4.98 Å². The molecule has 4 nitrogen and oxygen atoms in total. The lowest BCUT2D eigenvalue weighted by Crippen LogP contribution is -2.28. The zero-order valence-electron chi connectivity index (χ0n) is 9.74. The largest absolute Gasteiger partial charge is 0.383 e. The quantitative estimate of drug-likeness (QED) is 0.826. The minimum absolute atomic E-state index is 0.427. The Morgan fingerprint density at radius 1 is 1.56 bits per heavy atom. The Morgan fingerprint density at radius 3 is 2.88 bits per heavy atom. The van der Waals surface area contributed by atoms with Crippen LogP contribution in [0.25, 0.3) is 0 Å². The number of nitrogens with two attached hydrogens (primary N) is 1. The molecule has 0 unspecified atom stereocenters. The van der Waals surface area contributed by atoms with E-state index in [9.17, 15) is 0 Å². The van der Waals surface area contributed by atoms with E-state index in [1.54, 1.807) is 13.3 Å². The number of halogens is 1. The van der Waals surface area contributed by atoms with Gasteiger partial charge >= 0.3 is 0 Å². The molecule has 0 saturated carbocycles. The van der Waals surface area contributed by atoms with Gasteiger partial charge in [0.1, 0.15) is 5.82 Å². The second-order valence-corrected chi connectivity index (χ2v) is 3.76. The molecule has 90 valence electrons. The monoisotopic (exact) mass is 243 g/mol. The van der Waals surface area contributed by atoms with E-state index in [4.69, 9.17) is 22.1 Å². The summed E-state index contributed by atoms with van der Waals surface area (Å²) in [6.45, 7) is 4.75. The van der Waals surface area contributed by atoms with Crippen molar-refractivity contribution in [2.75, 3.05) is 31.7 Å². The van der Waals surface area contributed by atoms with Crippen LogP contribution in [0.5, 0.6) is 0 Å². The van der Waals surface area contributed by atoms with E-state index in [-0.39, 0.29) is 0 Å². The number of anilines is 1. The topological polar surface area (TPSA) is 51.4 Å². The SMILES string of the molecule is CCN(CCOC)c1nccc(CN)c1Cl. The fraction of sp³-hybridized carbons (Fsp3) is 0.545. The van der Waals surface area contributed by atoms with Gasteiger partial charge in [0.15, 0.2) is 0 Å². The molecule has 0 spiro atoms. The van der Waals surface area contributed by atoms with Gasteiger partial charge in [0, 0.05) is 32.9 Å². The van der Waals surface area contributed by atoms with Crippen molar-refractivity contribution < 1.29 is 4.74 Å². The first-order valence-electron chi connectivity index (χ1n) is 5.31. The van der Waals surface area contributed by atoms with Crippen LogP contribution in [0.1, 0.15) is 12.5 Å². The minimum atomic E-state index is 0.427. The normalized spacial score (nSPS) is 10.5. The predicted octanol–water partition coefficient (Wildman–Crippen LogP) is 1.67. The summed E-state index contributed by atoms with van der Waals surface area (Å²) in [7, 11) is 1.68. The van der Waals surface area contributed by atoms with Gasteiger partial charge in [-0.05, 0) is 18.6 Å². The highest BCUT2D eigenvalue weighted by Gasteiger charge is 2.12. The van der Waals surface area contributed by atoms with Gasteiger partial charge in [-0.3, -0.25) is 0 Å². The van der Waals surface area contributed by atoms with Gasteiger partial charge in [-0.15, -0.1) is 0 Å². The van der Waals surface area contributed by atoms with E-state index >= 15 is 0 Å². The molecule has 0 atom stereocenters. The van der Waals surface area contributed by atoms with Gasteiger partial charge in [0.25, 0.3) is 0 Å². The molecule has 1 rings (SSSR count). The molecule has 1 aromatic rings. The van der Waals surface area contributed by atoms with Crippen molar-refractivity contribution in [2.24, 2.45) is 5.73 Å². The van der Waals surface area contributed by atoms with Crippen LogP contribution in [0, 0.1) is 0 Å². The summed E-state index contributed by atoms with van der Waals surface area (Å²) in [5.41, 5.74) is 6.52. The van der Waals surface area contributed by atoms with E-state index in [1.165, 1.54) is 0 Å². The number of pyridine rings is 1. The van der Waals surface area contributed by atoms with Crippen LogP contribution in [-0.4, -0.2) is 31.8 Å². The van der Waals surface area contributed by atoms with Crippen molar-refractivity contribution in [3.05, 3.63) is 22.8 Å². The number of methoxy groups -OCH3 is 1. The van der Waals surface area contributed by atoms with Crippen LogP contribution in [0.2, 0.25) is 5.02 Å². The van der Waals surface area contributed by atoms with Crippen LogP contribution in [-0.2, 0) is 11.3 Å². The maximum atomic E-state index is 6.24. The summed E-state index contributed by atoms with van der Waals surface area (Å²) in [5.74, 6) is 0.782. The van der Waals surface area contributed by atoms with E-state index in [2.05, 4.69) is 16.8 Å². The summed E-state index contributed by atoms with van der Waals surface area (Å²) in [6.07, 6.45) is 1.73. The zero-order valence-corrected chi connectivity index (χ0v) is 10.5. The van der Waals surface area contributed by atoms with Crippen molar-refractivity contribution >= 4 is 17.4 Å². The maximum absolute atomic E-state index is 6.24. The van der Waals surface area contributed by atoms with Gasteiger partial charge in [-0.1, -0.05) is 11.6 Å². The Balaban J connectivity index is 2.91. The first-order valence-corrected chi connectivity index (χ1v) is 5.69. The van der Waals surface area contributed by atoms with Crippen LogP contribution >= 0.6 is 11.6 Å². The molecule has 0 amide bonds. The highest BCUT2D eigenvalue weighted by molar-refractivity contribution is 6.33. The van der Waals surface area contributed by atoms with E-state index in [0.29, 0.717) is 18.2 Å². The van der Waals surface area contributed by atoms with Crippen molar-refractivity contribution in [3.63, 3.8) is 0 Å². The molecule has 0 aliphatic rings. The van der Waals surface area contributed by atoms with Crippen molar-refractivity contribution in [2.45, 2.75) is 13.5 Å². The maximum Gasteiger partial charge on any atom is 0.147 e. The van der Waals surface area contributed by atoms with Crippen LogP contribution in [0.15, 0.2) is 12.3 Å². The van der Waals surface area contributed by atoms with Crippen molar-refractivity contribution in [3.8, 4) is 0 Å². The predicted molar refractivity (Wildman–Crippen MR) is 66.9 cm³/mol. The molecule has 1 heterocycles. The molecule has 5 heteroatoms. The lowest BCUT2D eigenvalue weighted by atomic mass is 10.2. The van der Waals surface area contributed by atoms with Crippen molar-refractivity contribution in [1.29, 1.82) is 0 Å². The fourth-order valence-corrected chi connectivity index (χ4v) is 1.77. The van der Waals surface area contributed by atoms with Gasteiger partial charge in [-0.25, -0.2) is 4.98 Å². The standard InChI is InChI=1S/C11H18ClN3O/c1-3-15(6-7-16-2)11-10(12)9(8-13)4-5-14-11/h4-5H,3,6-8,13H2,1-2H3. The van der Waals surface area contributed by atoms with Crippen LogP contribution < -0.4 is 10.6 Å². The molecule has 0 aliphatic heterocycles. The number of nitrogens with zero attached hydrogens (tertiary/aromatic N) is 2. The van der Waals surface area contributed by atoms with E-state index < -0.39 is 0 Å². The Hall–Kier alpha value is -0.840. The van der Waals surface area contributed by atoms with E-state index in [0.717, 1.165) is 24.5 Å². The summed E-state index contributed by atoms with van der Waals surface area (Å²) in [4.78, 5) is 6.37. The third-order valence-corrected chi connectivity index (χ3v) is 2.83. The first kappa shape index (κ1) is 13.2. The lowest BCUT2D eigenvalue weighted by molar-refractivity contribution is 0.205. The molecular formula is C11H18ClN3O. The lowest BCUT2D eigenvalue weighted by Gasteiger charge is -2.23. The molecular weight excluding hydrogens is 226 g/mol. The fourth-order valence-electron chi connectivity index (χ4n) is 1.46. The van der Waals surface area contributed by atoms with Gasteiger partial charge in [0.05, 0.1) is 11.6 Å². The van der Waals surface area contributed by atoms with E-state index in [1.807, 2.05) is 6.07 Å². The minimum Gasteiger partial charge on any atom is -0.383 e. The number of aromatic nitrogens is 1. The van der Waals surface area contributed by atoms with Crippen LogP contribution in [0.3, 0.4) is 0 Å². The molecule has 0 bridgehead atoms. The number of rotatable bonds is 6. The second-order valence-electron chi connectivity index (χ2n) is 3.38. The average molecular weight is 244 g/mol. The highest BCUT2D eigenvalue weighted by Crippen LogP contribution is 2.26. The third kappa shape index (κ3) is 3.07. The number of likely N-dealkylation sites (N-methyl/N-ethyl adjacent to an activating group) is 1. The molecule has 0 aromatic carbocycles. The summed E-state index contributed by atoms with van der Waals surface area (Å²) >= 11 is 6.24. The Bertz CT molecular complexity index is 333. The molecule has 0 fully saturated rings. The van der Waals surface area contributed by atoms with Gasteiger partial charge in [-0.2, -0.15) is 0 Å². The third-order valence-electron chi connectivity index (χ3n) is 2.42. The van der Waals surface area contributed by atoms with Crippen LogP contribution in [0.4, 0.5) is 5.82 Å².